The monoisotopic (exact) mass is 219 g/mol. The summed E-state index contributed by atoms with van der Waals surface area (Å²) in [6.45, 7) is 1.92. The molecule has 2 aliphatic carbocycles. The second-order valence-corrected chi connectivity index (χ2v) is 5.37. The quantitative estimate of drug-likeness (QED) is 0.802. The van der Waals surface area contributed by atoms with Gasteiger partial charge in [0.05, 0.1) is 0 Å². The Bertz CT molecular complexity index is 380. The van der Waals surface area contributed by atoms with Crippen molar-refractivity contribution in [3.63, 3.8) is 0 Å². The van der Waals surface area contributed by atoms with Gasteiger partial charge in [-0.3, -0.25) is 0 Å². The van der Waals surface area contributed by atoms with Crippen LogP contribution in [0.3, 0.4) is 0 Å². The van der Waals surface area contributed by atoms with Gasteiger partial charge < -0.3 is 5.32 Å². The Morgan fingerprint density at radius 1 is 1.31 bits per heavy atom. The number of hydrogen-bond acceptors (Lipinski definition) is 1. The maximum atomic E-state index is 13.0. The largest absolute Gasteiger partial charge is 0.312 e. The van der Waals surface area contributed by atoms with Crippen LogP contribution in [0.5, 0.6) is 0 Å². The van der Waals surface area contributed by atoms with Crippen molar-refractivity contribution in [2.75, 3.05) is 6.54 Å². The van der Waals surface area contributed by atoms with Gasteiger partial charge in [-0.2, -0.15) is 0 Å². The van der Waals surface area contributed by atoms with E-state index >= 15 is 0 Å². The second-order valence-electron chi connectivity index (χ2n) is 5.37. The Morgan fingerprint density at radius 2 is 2.12 bits per heavy atom. The molecule has 0 spiro atoms. The minimum Gasteiger partial charge on any atom is -0.312 e. The first-order valence-corrected chi connectivity index (χ1v) is 6.24. The highest BCUT2D eigenvalue weighted by Crippen LogP contribution is 2.60. The van der Waals surface area contributed by atoms with E-state index in [-0.39, 0.29) is 5.82 Å². The first-order chi connectivity index (χ1) is 7.78. The van der Waals surface area contributed by atoms with Crippen molar-refractivity contribution >= 4 is 0 Å². The van der Waals surface area contributed by atoms with Crippen molar-refractivity contribution in [3.8, 4) is 0 Å². The third-order valence-electron chi connectivity index (χ3n) is 4.03. The van der Waals surface area contributed by atoms with Gasteiger partial charge in [0, 0.05) is 13.1 Å². The molecule has 0 saturated heterocycles. The van der Waals surface area contributed by atoms with E-state index in [0.717, 1.165) is 24.6 Å². The summed E-state index contributed by atoms with van der Waals surface area (Å²) in [6, 6.07) is 6.87. The molecule has 1 aromatic carbocycles. The van der Waals surface area contributed by atoms with Crippen LogP contribution in [0, 0.1) is 17.2 Å². The molecule has 2 heteroatoms. The second kappa shape index (κ2) is 3.85. The summed E-state index contributed by atoms with van der Waals surface area (Å²) in [6.07, 6.45) is 5.66. The highest BCUT2D eigenvalue weighted by Gasteiger charge is 2.53. The summed E-state index contributed by atoms with van der Waals surface area (Å²) >= 11 is 0. The lowest BCUT2D eigenvalue weighted by molar-refractivity contribution is 0.403. The van der Waals surface area contributed by atoms with Crippen molar-refractivity contribution < 1.29 is 4.39 Å². The van der Waals surface area contributed by atoms with E-state index in [4.69, 9.17) is 0 Å². The van der Waals surface area contributed by atoms with E-state index in [0.29, 0.717) is 5.41 Å². The topological polar surface area (TPSA) is 12.0 Å². The molecular weight excluding hydrogens is 201 g/mol. The summed E-state index contributed by atoms with van der Waals surface area (Å²) in [5.74, 6) is 0.857. The predicted molar refractivity (Wildman–Crippen MR) is 62.5 cm³/mol. The molecule has 2 saturated carbocycles. The molecule has 0 unspecified atom stereocenters. The normalized spacial score (nSPS) is 22.1. The molecule has 1 N–H and O–H groups in total. The minimum atomic E-state index is -0.136. The zero-order valence-electron chi connectivity index (χ0n) is 9.51. The van der Waals surface area contributed by atoms with Crippen molar-refractivity contribution in [3.05, 3.63) is 35.6 Å². The van der Waals surface area contributed by atoms with E-state index in [9.17, 15) is 4.39 Å². The smallest absolute Gasteiger partial charge is 0.123 e. The Balaban J connectivity index is 1.50. The van der Waals surface area contributed by atoms with E-state index in [2.05, 4.69) is 5.32 Å². The molecule has 1 aromatic rings. The number of rotatable bonds is 5. The fourth-order valence-corrected chi connectivity index (χ4v) is 2.69. The average molecular weight is 219 g/mol. The van der Waals surface area contributed by atoms with Gasteiger partial charge in [0.2, 0.25) is 0 Å². The number of benzene rings is 1. The summed E-state index contributed by atoms with van der Waals surface area (Å²) in [4.78, 5) is 0. The average Bonchev–Trinajstić information content (AvgIpc) is 3.13. The van der Waals surface area contributed by atoms with Gasteiger partial charge in [-0.15, -0.1) is 0 Å². The van der Waals surface area contributed by atoms with Crippen LogP contribution in [0.1, 0.15) is 31.2 Å². The molecule has 3 rings (SSSR count). The molecular formula is C14H18FN. The lowest BCUT2D eigenvalue weighted by Gasteiger charge is -2.14. The molecule has 0 amide bonds. The lowest BCUT2D eigenvalue weighted by Crippen LogP contribution is -2.25. The summed E-state index contributed by atoms with van der Waals surface area (Å²) < 4.78 is 13.0. The van der Waals surface area contributed by atoms with Gasteiger partial charge in [-0.1, -0.05) is 12.1 Å². The lowest BCUT2D eigenvalue weighted by atomic mass is 10.0. The third-order valence-corrected chi connectivity index (χ3v) is 4.03. The SMILES string of the molecule is Fc1cccc(CNCC2(C3CC3)CC2)c1. The number of nitrogens with one attached hydrogen (secondary N) is 1. The van der Waals surface area contributed by atoms with Crippen molar-refractivity contribution in [1.29, 1.82) is 0 Å². The van der Waals surface area contributed by atoms with Crippen LogP contribution in [0.15, 0.2) is 24.3 Å². The van der Waals surface area contributed by atoms with Crippen LogP contribution in [0.4, 0.5) is 4.39 Å². The molecule has 86 valence electrons. The Labute approximate surface area is 96.1 Å². The maximum Gasteiger partial charge on any atom is 0.123 e. The first kappa shape index (κ1) is 10.3. The highest BCUT2D eigenvalue weighted by molar-refractivity contribution is 5.16. The van der Waals surface area contributed by atoms with Gasteiger partial charge in [0.25, 0.3) is 0 Å². The van der Waals surface area contributed by atoms with E-state index in [1.807, 2.05) is 6.07 Å². The van der Waals surface area contributed by atoms with Crippen molar-refractivity contribution in [2.45, 2.75) is 32.2 Å². The molecule has 1 nitrogen and oxygen atoms in total. The van der Waals surface area contributed by atoms with Crippen LogP contribution in [0.2, 0.25) is 0 Å². The zero-order valence-corrected chi connectivity index (χ0v) is 9.51. The molecule has 2 fully saturated rings. The predicted octanol–water partition coefficient (Wildman–Crippen LogP) is 3.11. The Morgan fingerprint density at radius 3 is 2.75 bits per heavy atom. The van der Waals surface area contributed by atoms with E-state index < -0.39 is 0 Å². The van der Waals surface area contributed by atoms with E-state index in [1.54, 1.807) is 12.1 Å². The van der Waals surface area contributed by atoms with Gasteiger partial charge >= 0.3 is 0 Å². The fourth-order valence-electron chi connectivity index (χ4n) is 2.69. The zero-order chi connectivity index (χ0) is 11.0. The summed E-state index contributed by atoms with van der Waals surface area (Å²) in [5, 5.41) is 3.49. The van der Waals surface area contributed by atoms with Crippen LogP contribution in [-0.2, 0) is 6.54 Å². The van der Waals surface area contributed by atoms with E-state index in [1.165, 1.54) is 31.7 Å². The summed E-state index contributed by atoms with van der Waals surface area (Å²) in [7, 11) is 0. The maximum absolute atomic E-state index is 13.0. The standard InChI is InChI=1S/C14H18FN/c15-13-3-1-2-11(8-13)9-16-10-14(6-7-14)12-4-5-12/h1-3,8,12,16H,4-7,9-10H2. The molecule has 0 bridgehead atoms. The minimum absolute atomic E-state index is 0.136. The number of halogens is 1. The molecule has 0 atom stereocenters. The molecule has 0 radical (unpaired) electrons. The molecule has 2 aliphatic rings. The Kier molecular flexibility index (Phi) is 2.47. The molecule has 0 heterocycles. The van der Waals surface area contributed by atoms with Gasteiger partial charge in [-0.25, -0.2) is 4.39 Å². The number of hydrogen-bond donors (Lipinski definition) is 1. The highest BCUT2D eigenvalue weighted by atomic mass is 19.1. The van der Waals surface area contributed by atoms with Gasteiger partial charge in [0.1, 0.15) is 5.82 Å². The Hall–Kier alpha value is -0.890. The van der Waals surface area contributed by atoms with Gasteiger partial charge in [0.15, 0.2) is 0 Å². The summed E-state index contributed by atoms with van der Waals surface area (Å²) in [5.41, 5.74) is 1.68. The fraction of sp³-hybridized carbons (Fsp3) is 0.571. The van der Waals surface area contributed by atoms with Gasteiger partial charge in [-0.05, 0) is 54.7 Å². The third kappa shape index (κ3) is 2.12. The van der Waals surface area contributed by atoms with Crippen LogP contribution in [-0.4, -0.2) is 6.54 Å². The van der Waals surface area contributed by atoms with Crippen molar-refractivity contribution in [2.24, 2.45) is 11.3 Å². The van der Waals surface area contributed by atoms with Crippen molar-refractivity contribution in [1.82, 2.24) is 5.32 Å². The molecule has 16 heavy (non-hydrogen) atoms. The van der Waals surface area contributed by atoms with Crippen LogP contribution < -0.4 is 5.32 Å². The first-order valence-electron chi connectivity index (χ1n) is 6.24. The molecule has 0 aromatic heterocycles. The van der Waals surface area contributed by atoms with Crippen LogP contribution in [0.25, 0.3) is 0 Å². The van der Waals surface area contributed by atoms with Crippen LogP contribution >= 0.6 is 0 Å². The molecule has 0 aliphatic heterocycles.